The van der Waals surface area contributed by atoms with E-state index in [9.17, 15) is 13.6 Å². The van der Waals surface area contributed by atoms with Crippen molar-refractivity contribution in [2.45, 2.75) is 24.8 Å². The van der Waals surface area contributed by atoms with E-state index in [2.05, 4.69) is 5.32 Å². The number of carbonyl (C=O) groups is 1. The van der Waals surface area contributed by atoms with E-state index < -0.39 is 0 Å². The van der Waals surface area contributed by atoms with Gasteiger partial charge >= 0.3 is 6.03 Å². The average Bonchev–Trinajstić information content (AvgIpc) is 3.34. The molecule has 1 saturated carbocycles. The first-order valence-electron chi connectivity index (χ1n) is 7.98. The molecule has 2 amide bonds. The molecule has 1 fully saturated rings. The van der Waals surface area contributed by atoms with Crippen molar-refractivity contribution in [3.05, 3.63) is 71.3 Å². The van der Waals surface area contributed by atoms with Crippen molar-refractivity contribution in [3.63, 3.8) is 0 Å². The van der Waals surface area contributed by atoms with Crippen LogP contribution in [0.25, 0.3) is 0 Å². The van der Waals surface area contributed by atoms with Crippen molar-refractivity contribution in [1.82, 2.24) is 10.2 Å². The maximum atomic E-state index is 13.2. The fourth-order valence-corrected chi connectivity index (χ4v) is 2.88. The van der Waals surface area contributed by atoms with E-state index in [0.717, 1.165) is 24.0 Å². The number of hydrogen-bond donors (Lipinski definition) is 1. The third-order valence-electron chi connectivity index (χ3n) is 4.54. The maximum absolute atomic E-state index is 13.2. The lowest BCUT2D eigenvalue weighted by molar-refractivity contribution is 0.205. The maximum Gasteiger partial charge on any atom is 0.317 e. The van der Waals surface area contributed by atoms with Gasteiger partial charge in [-0.3, -0.25) is 0 Å². The highest BCUT2D eigenvalue weighted by Gasteiger charge is 2.44. The predicted molar refractivity (Wildman–Crippen MR) is 88.6 cm³/mol. The van der Waals surface area contributed by atoms with Crippen molar-refractivity contribution in [2.75, 3.05) is 13.6 Å². The summed E-state index contributed by atoms with van der Waals surface area (Å²) in [5, 5.41) is 2.93. The summed E-state index contributed by atoms with van der Waals surface area (Å²) in [4.78, 5) is 13.8. The third kappa shape index (κ3) is 3.72. The van der Waals surface area contributed by atoms with Crippen LogP contribution in [-0.2, 0) is 12.0 Å². The SMILES string of the molecule is CN(Cc1cccc(F)c1)C(=O)NCC1(c2ccc(F)cc2)CC1. The Hall–Kier alpha value is -2.43. The van der Waals surface area contributed by atoms with Crippen LogP contribution >= 0.6 is 0 Å². The Kier molecular flexibility index (Phi) is 4.51. The van der Waals surface area contributed by atoms with Gasteiger partial charge < -0.3 is 10.2 Å². The third-order valence-corrected chi connectivity index (χ3v) is 4.54. The summed E-state index contributed by atoms with van der Waals surface area (Å²) in [5.74, 6) is -0.567. The smallest absolute Gasteiger partial charge is 0.317 e. The van der Waals surface area contributed by atoms with E-state index in [1.807, 2.05) is 0 Å². The van der Waals surface area contributed by atoms with E-state index in [1.165, 1.54) is 29.2 Å². The number of urea groups is 1. The molecule has 0 aliphatic heterocycles. The Bertz CT molecular complexity index is 726. The van der Waals surface area contributed by atoms with E-state index in [4.69, 9.17) is 0 Å². The molecule has 0 bridgehead atoms. The van der Waals surface area contributed by atoms with E-state index in [-0.39, 0.29) is 23.1 Å². The van der Waals surface area contributed by atoms with Crippen LogP contribution in [0.5, 0.6) is 0 Å². The van der Waals surface area contributed by atoms with Crippen LogP contribution in [0.3, 0.4) is 0 Å². The fraction of sp³-hybridized carbons (Fsp3) is 0.316. The Morgan fingerprint density at radius 3 is 2.46 bits per heavy atom. The molecule has 0 atom stereocenters. The molecular formula is C19H20F2N2O. The van der Waals surface area contributed by atoms with E-state index in [1.54, 1.807) is 31.3 Å². The van der Waals surface area contributed by atoms with Crippen molar-refractivity contribution in [2.24, 2.45) is 0 Å². The number of halogens is 2. The molecule has 2 aromatic rings. The van der Waals surface area contributed by atoms with Gasteiger partial charge in [0.2, 0.25) is 0 Å². The molecule has 3 nitrogen and oxygen atoms in total. The van der Waals surface area contributed by atoms with Crippen molar-refractivity contribution in [1.29, 1.82) is 0 Å². The van der Waals surface area contributed by atoms with Crippen molar-refractivity contribution in [3.8, 4) is 0 Å². The molecule has 0 heterocycles. The summed E-state index contributed by atoms with van der Waals surface area (Å²) in [6.45, 7) is 0.859. The number of benzene rings is 2. The Morgan fingerprint density at radius 2 is 1.83 bits per heavy atom. The van der Waals surface area contributed by atoms with E-state index >= 15 is 0 Å². The minimum absolute atomic E-state index is 0.0803. The van der Waals surface area contributed by atoms with Crippen LogP contribution < -0.4 is 5.32 Å². The molecule has 0 spiro atoms. The molecular weight excluding hydrogens is 310 g/mol. The normalized spacial score (nSPS) is 15.0. The lowest BCUT2D eigenvalue weighted by atomic mass is 9.96. The molecule has 5 heteroatoms. The minimum Gasteiger partial charge on any atom is -0.337 e. The number of hydrogen-bond acceptors (Lipinski definition) is 1. The highest BCUT2D eigenvalue weighted by molar-refractivity contribution is 5.74. The molecule has 3 rings (SSSR count). The van der Waals surface area contributed by atoms with Gasteiger partial charge in [-0.2, -0.15) is 0 Å². The molecule has 0 radical (unpaired) electrons. The fourth-order valence-electron chi connectivity index (χ4n) is 2.88. The van der Waals surface area contributed by atoms with Crippen LogP contribution in [0, 0.1) is 11.6 Å². The predicted octanol–water partition coefficient (Wildman–Crippen LogP) is 3.84. The summed E-state index contributed by atoms with van der Waals surface area (Å²) >= 11 is 0. The summed E-state index contributed by atoms with van der Waals surface area (Å²) in [7, 11) is 1.68. The van der Waals surface area contributed by atoms with E-state index in [0.29, 0.717) is 13.1 Å². The van der Waals surface area contributed by atoms with Gasteiger partial charge in [0.1, 0.15) is 11.6 Å². The molecule has 2 aromatic carbocycles. The van der Waals surface area contributed by atoms with Gasteiger partial charge in [0.05, 0.1) is 0 Å². The van der Waals surface area contributed by atoms with Gasteiger partial charge in [0, 0.05) is 25.6 Å². The van der Waals surface area contributed by atoms with Gasteiger partial charge in [-0.05, 0) is 48.2 Å². The number of amides is 2. The zero-order valence-corrected chi connectivity index (χ0v) is 13.6. The topological polar surface area (TPSA) is 32.3 Å². The highest BCUT2D eigenvalue weighted by atomic mass is 19.1. The number of rotatable bonds is 5. The number of carbonyl (C=O) groups excluding carboxylic acids is 1. The molecule has 1 aliphatic rings. The van der Waals surface area contributed by atoms with Crippen LogP contribution in [0.1, 0.15) is 24.0 Å². The zero-order chi connectivity index (χ0) is 17.2. The van der Waals surface area contributed by atoms with Crippen LogP contribution in [-0.4, -0.2) is 24.5 Å². The van der Waals surface area contributed by atoms with Gasteiger partial charge in [0.15, 0.2) is 0 Å². The standard InChI is InChI=1S/C19H20F2N2O/c1-23(12-14-3-2-4-17(21)11-14)18(24)22-13-19(9-10-19)15-5-7-16(20)8-6-15/h2-8,11H,9-10,12-13H2,1H3,(H,22,24). The molecule has 0 aromatic heterocycles. The van der Waals surface area contributed by atoms with Gasteiger partial charge in [-0.15, -0.1) is 0 Å². The lowest BCUT2D eigenvalue weighted by Crippen LogP contribution is -2.40. The summed E-state index contributed by atoms with van der Waals surface area (Å²) in [5.41, 5.74) is 1.72. The Morgan fingerprint density at radius 1 is 1.12 bits per heavy atom. The molecule has 1 aliphatic carbocycles. The summed E-state index contributed by atoms with van der Waals surface area (Å²) in [6, 6.07) is 12.5. The van der Waals surface area contributed by atoms with Crippen molar-refractivity contribution < 1.29 is 13.6 Å². The first-order chi connectivity index (χ1) is 11.5. The molecule has 24 heavy (non-hydrogen) atoms. The Balaban J connectivity index is 1.56. The van der Waals surface area contributed by atoms with Crippen LogP contribution in [0.4, 0.5) is 13.6 Å². The molecule has 0 unspecified atom stereocenters. The number of nitrogens with one attached hydrogen (secondary N) is 1. The average molecular weight is 330 g/mol. The van der Waals surface area contributed by atoms with Crippen molar-refractivity contribution >= 4 is 6.03 Å². The molecule has 0 saturated heterocycles. The van der Waals surface area contributed by atoms with Crippen LogP contribution in [0.15, 0.2) is 48.5 Å². The number of nitrogens with zero attached hydrogens (tertiary/aromatic N) is 1. The lowest BCUT2D eigenvalue weighted by Gasteiger charge is -2.21. The first kappa shape index (κ1) is 16.4. The Labute approximate surface area is 140 Å². The largest absolute Gasteiger partial charge is 0.337 e. The minimum atomic E-state index is -0.311. The van der Waals surface area contributed by atoms with Gasteiger partial charge in [-0.25, -0.2) is 13.6 Å². The quantitative estimate of drug-likeness (QED) is 0.888. The molecule has 1 N–H and O–H groups in total. The molecule has 126 valence electrons. The zero-order valence-electron chi connectivity index (χ0n) is 13.6. The van der Waals surface area contributed by atoms with Gasteiger partial charge in [-0.1, -0.05) is 24.3 Å². The second-order valence-electron chi connectivity index (χ2n) is 6.43. The summed E-state index contributed by atoms with van der Waals surface area (Å²) < 4.78 is 26.2. The highest BCUT2D eigenvalue weighted by Crippen LogP contribution is 2.47. The van der Waals surface area contributed by atoms with Crippen LogP contribution in [0.2, 0.25) is 0 Å². The second kappa shape index (κ2) is 6.59. The first-order valence-corrected chi connectivity index (χ1v) is 7.98. The summed E-state index contributed by atoms with van der Waals surface area (Å²) in [6.07, 6.45) is 1.96. The monoisotopic (exact) mass is 330 g/mol. The second-order valence-corrected chi connectivity index (χ2v) is 6.43. The van der Waals surface area contributed by atoms with Gasteiger partial charge in [0.25, 0.3) is 0 Å².